The normalized spacial score (nSPS) is 9.40. The number of carbonyl (C=O) groups is 1. The van der Waals surface area contributed by atoms with Gasteiger partial charge in [-0.15, -0.1) is 0 Å². The van der Waals surface area contributed by atoms with E-state index in [0.717, 1.165) is 5.56 Å². The lowest BCUT2D eigenvalue weighted by atomic mass is 10.0. The van der Waals surface area contributed by atoms with Crippen molar-refractivity contribution in [2.24, 2.45) is 0 Å². The third-order valence-corrected chi connectivity index (χ3v) is 2.02. The minimum absolute atomic E-state index is 0.130. The van der Waals surface area contributed by atoms with E-state index in [0.29, 0.717) is 17.7 Å². The molecule has 0 saturated heterocycles. The van der Waals surface area contributed by atoms with Crippen LogP contribution in [-0.4, -0.2) is 17.6 Å². The molecule has 0 atom stereocenters. The maximum absolute atomic E-state index is 11.3. The van der Waals surface area contributed by atoms with Gasteiger partial charge in [0.1, 0.15) is 6.07 Å². The molecule has 0 aliphatic rings. The van der Waals surface area contributed by atoms with Crippen LogP contribution < -0.4 is 0 Å². The lowest BCUT2D eigenvalue weighted by Crippen LogP contribution is -2.10. The maximum Gasteiger partial charge on any atom is 0.310 e. The molecule has 0 aliphatic carbocycles. The van der Waals surface area contributed by atoms with Crippen molar-refractivity contribution >= 4 is 5.97 Å². The first kappa shape index (κ1) is 11.2. The van der Waals surface area contributed by atoms with E-state index in [9.17, 15) is 4.79 Å². The van der Waals surface area contributed by atoms with Crippen molar-refractivity contribution in [2.75, 3.05) is 6.61 Å². The Morgan fingerprint density at radius 1 is 1.60 bits per heavy atom. The van der Waals surface area contributed by atoms with Crippen LogP contribution in [0, 0.1) is 18.3 Å². The van der Waals surface area contributed by atoms with Crippen molar-refractivity contribution in [3.05, 3.63) is 29.1 Å². The van der Waals surface area contributed by atoms with E-state index < -0.39 is 0 Å². The second kappa shape index (κ2) is 5.11. The van der Waals surface area contributed by atoms with Crippen LogP contribution in [-0.2, 0) is 16.0 Å². The Kier molecular flexibility index (Phi) is 3.81. The van der Waals surface area contributed by atoms with Crippen LogP contribution >= 0.6 is 0 Å². The van der Waals surface area contributed by atoms with Crippen molar-refractivity contribution in [3.63, 3.8) is 0 Å². The molecule has 1 aromatic rings. The highest BCUT2D eigenvalue weighted by atomic mass is 16.5. The van der Waals surface area contributed by atoms with Gasteiger partial charge < -0.3 is 4.74 Å². The van der Waals surface area contributed by atoms with Crippen LogP contribution in [0.1, 0.15) is 23.6 Å². The number of nitriles is 1. The molecular formula is C11H12N2O2. The van der Waals surface area contributed by atoms with Gasteiger partial charge >= 0.3 is 5.97 Å². The zero-order chi connectivity index (χ0) is 11.3. The van der Waals surface area contributed by atoms with Gasteiger partial charge in [-0.3, -0.25) is 9.78 Å². The minimum Gasteiger partial charge on any atom is -0.466 e. The average Bonchev–Trinajstić information content (AvgIpc) is 2.21. The molecule has 0 bridgehead atoms. The standard InChI is InChI=1S/C11H12N2O2/c1-3-15-11(14)4-10-8(2)6-13-7-9(10)5-12/h6-7H,3-4H2,1-2H3. The molecule has 1 heterocycles. The highest BCUT2D eigenvalue weighted by Gasteiger charge is 2.11. The number of carbonyl (C=O) groups excluding carboxylic acids is 1. The molecular weight excluding hydrogens is 192 g/mol. The average molecular weight is 204 g/mol. The van der Waals surface area contributed by atoms with Crippen molar-refractivity contribution in [1.29, 1.82) is 5.26 Å². The predicted octanol–water partition coefficient (Wildman–Crippen LogP) is 1.37. The number of nitrogens with zero attached hydrogens (tertiary/aromatic N) is 2. The number of rotatable bonds is 3. The second-order valence-corrected chi connectivity index (χ2v) is 3.08. The molecule has 0 aliphatic heterocycles. The number of pyridine rings is 1. The van der Waals surface area contributed by atoms with Gasteiger partial charge in [-0.05, 0) is 25.0 Å². The Bertz CT molecular complexity index is 408. The fraction of sp³-hybridized carbons (Fsp3) is 0.364. The summed E-state index contributed by atoms with van der Waals surface area (Å²) in [7, 11) is 0. The first-order chi connectivity index (χ1) is 7.19. The molecule has 0 fully saturated rings. The summed E-state index contributed by atoms with van der Waals surface area (Å²) in [4.78, 5) is 15.2. The lowest BCUT2D eigenvalue weighted by molar-refractivity contribution is -0.142. The van der Waals surface area contributed by atoms with Crippen LogP contribution in [0.4, 0.5) is 0 Å². The van der Waals surface area contributed by atoms with Crippen molar-refractivity contribution in [1.82, 2.24) is 4.98 Å². The van der Waals surface area contributed by atoms with Crippen molar-refractivity contribution < 1.29 is 9.53 Å². The van der Waals surface area contributed by atoms with Crippen molar-refractivity contribution in [2.45, 2.75) is 20.3 Å². The number of aromatic nitrogens is 1. The summed E-state index contributed by atoms with van der Waals surface area (Å²) < 4.78 is 4.83. The third-order valence-electron chi connectivity index (χ3n) is 2.02. The minimum atomic E-state index is -0.316. The van der Waals surface area contributed by atoms with Gasteiger partial charge in [0.05, 0.1) is 18.6 Å². The molecule has 1 rings (SSSR count). The summed E-state index contributed by atoms with van der Waals surface area (Å²) in [6.07, 6.45) is 3.22. The molecule has 0 unspecified atom stereocenters. The number of hydrogen-bond donors (Lipinski definition) is 0. The molecule has 1 aromatic heterocycles. The van der Waals surface area contributed by atoms with E-state index in [2.05, 4.69) is 4.98 Å². The molecule has 0 N–H and O–H groups in total. The first-order valence-electron chi connectivity index (χ1n) is 4.68. The Balaban J connectivity index is 2.94. The van der Waals surface area contributed by atoms with E-state index in [1.165, 1.54) is 6.20 Å². The summed E-state index contributed by atoms with van der Waals surface area (Å²) in [5.74, 6) is -0.316. The van der Waals surface area contributed by atoms with Gasteiger partial charge in [0.2, 0.25) is 0 Å². The highest BCUT2D eigenvalue weighted by Crippen LogP contribution is 2.12. The molecule has 4 heteroatoms. The molecule has 15 heavy (non-hydrogen) atoms. The second-order valence-electron chi connectivity index (χ2n) is 3.08. The quantitative estimate of drug-likeness (QED) is 0.697. The van der Waals surface area contributed by atoms with Gasteiger partial charge in [-0.1, -0.05) is 0 Å². The molecule has 0 amide bonds. The topological polar surface area (TPSA) is 63.0 Å². The monoisotopic (exact) mass is 204 g/mol. The Hall–Kier alpha value is -1.89. The summed E-state index contributed by atoms with van der Waals surface area (Å²) in [5, 5.41) is 8.84. The maximum atomic E-state index is 11.3. The van der Waals surface area contributed by atoms with Gasteiger partial charge in [0.15, 0.2) is 0 Å². The molecule has 0 aromatic carbocycles. The smallest absolute Gasteiger partial charge is 0.310 e. The van der Waals surface area contributed by atoms with E-state index in [4.69, 9.17) is 10.00 Å². The number of aryl methyl sites for hydroxylation is 1. The number of hydrogen-bond acceptors (Lipinski definition) is 4. The van der Waals surface area contributed by atoms with Gasteiger partial charge in [0, 0.05) is 12.4 Å². The third kappa shape index (κ3) is 2.78. The van der Waals surface area contributed by atoms with E-state index in [1.807, 2.05) is 13.0 Å². The van der Waals surface area contributed by atoms with Crippen molar-refractivity contribution in [3.8, 4) is 6.07 Å². The van der Waals surface area contributed by atoms with Gasteiger partial charge in [-0.2, -0.15) is 5.26 Å². The summed E-state index contributed by atoms with van der Waals surface area (Å²) in [6.45, 7) is 3.93. The number of ether oxygens (including phenoxy) is 1. The Morgan fingerprint density at radius 3 is 2.93 bits per heavy atom. The molecule has 0 radical (unpaired) electrons. The van der Waals surface area contributed by atoms with Crippen LogP contribution in [0.3, 0.4) is 0 Å². The van der Waals surface area contributed by atoms with Crippen LogP contribution in [0.15, 0.2) is 12.4 Å². The molecule has 0 spiro atoms. The molecule has 4 nitrogen and oxygen atoms in total. The fourth-order valence-corrected chi connectivity index (χ4v) is 1.28. The predicted molar refractivity (Wildman–Crippen MR) is 54.0 cm³/mol. The summed E-state index contributed by atoms with van der Waals surface area (Å²) in [5.41, 5.74) is 1.97. The van der Waals surface area contributed by atoms with Crippen LogP contribution in [0.2, 0.25) is 0 Å². The first-order valence-corrected chi connectivity index (χ1v) is 4.68. The van der Waals surface area contributed by atoms with Gasteiger partial charge in [-0.25, -0.2) is 0 Å². The Labute approximate surface area is 88.5 Å². The van der Waals surface area contributed by atoms with E-state index >= 15 is 0 Å². The largest absolute Gasteiger partial charge is 0.466 e. The van der Waals surface area contributed by atoms with Crippen LogP contribution in [0.25, 0.3) is 0 Å². The lowest BCUT2D eigenvalue weighted by Gasteiger charge is -2.06. The fourth-order valence-electron chi connectivity index (χ4n) is 1.28. The zero-order valence-corrected chi connectivity index (χ0v) is 8.78. The molecule has 78 valence electrons. The summed E-state index contributed by atoms with van der Waals surface area (Å²) >= 11 is 0. The van der Waals surface area contributed by atoms with Crippen LogP contribution in [0.5, 0.6) is 0 Å². The number of esters is 1. The Morgan fingerprint density at radius 2 is 2.33 bits per heavy atom. The summed E-state index contributed by atoms with van der Waals surface area (Å²) in [6, 6.07) is 2.01. The van der Waals surface area contributed by atoms with Gasteiger partial charge in [0.25, 0.3) is 0 Å². The van der Waals surface area contributed by atoms with E-state index in [-0.39, 0.29) is 12.4 Å². The highest BCUT2D eigenvalue weighted by molar-refractivity contribution is 5.74. The SMILES string of the molecule is CCOC(=O)Cc1c(C)cncc1C#N. The zero-order valence-electron chi connectivity index (χ0n) is 8.78. The van der Waals surface area contributed by atoms with E-state index in [1.54, 1.807) is 13.1 Å². The molecule has 0 saturated carbocycles.